The first-order chi connectivity index (χ1) is 13.5. The number of aromatic nitrogens is 2. The standard InChI is InChI=1S/C20H20N4O4/c1-2-6-17(14-7-4-3-5-8-14)22-19(25)12-23-13-21-18-11-15(24(27)28)9-10-16(18)20(23)26/h3-5,7-11,13,17H,2,6,12H2,1H3,(H,22,25). The SMILES string of the molecule is CCCC(NC(=O)Cn1cnc2cc([N+](=O)[O-])ccc2c1=O)c1ccccc1. The van der Waals surface area contributed by atoms with Crippen LogP contribution in [0.4, 0.5) is 5.69 Å². The maximum Gasteiger partial charge on any atom is 0.271 e. The fourth-order valence-corrected chi connectivity index (χ4v) is 3.06. The number of carbonyl (C=O) groups excluding carboxylic acids is 1. The van der Waals surface area contributed by atoms with Gasteiger partial charge in [0.15, 0.2) is 0 Å². The smallest absolute Gasteiger partial charge is 0.271 e. The van der Waals surface area contributed by atoms with Crippen LogP contribution in [0, 0.1) is 10.1 Å². The van der Waals surface area contributed by atoms with Gasteiger partial charge in [0, 0.05) is 12.1 Å². The van der Waals surface area contributed by atoms with Crippen molar-refractivity contribution in [1.29, 1.82) is 0 Å². The summed E-state index contributed by atoms with van der Waals surface area (Å²) < 4.78 is 1.21. The number of nitrogens with one attached hydrogen (secondary N) is 1. The van der Waals surface area contributed by atoms with Gasteiger partial charge in [-0.1, -0.05) is 43.7 Å². The zero-order valence-corrected chi connectivity index (χ0v) is 15.4. The van der Waals surface area contributed by atoms with Gasteiger partial charge in [-0.15, -0.1) is 0 Å². The van der Waals surface area contributed by atoms with Gasteiger partial charge in [-0.3, -0.25) is 24.3 Å². The summed E-state index contributed by atoms with van der Waals surface area (Å²) in [5.41, 5.74) is 0.681. The average molecular weight is 380 g/mol. The predicted octanol–water partition coefficient (Wildman–Crippen LogP) is 2.96. The summed E-state index contributed by atoms with van der Waals surface area (Å²) in [4.78, 5) is 39.5. The van der Waals surface area contributed by atoms with E-state index in [1.54, 1.807) is 0 Å². The Hall–Kier alpha value is -3.55. The number of fused-ring (bicyclic) bond motifs is 1. The first-order valence-corrected chi connectivity index (χ1v) is 8.97. The molecule has 0 fully saturated rings. The van der Waals surface area contributed by atoms with E-state index >= 15 is 0 Å². The van der Waals surface area contributed by atoms with Crippen molar-refractivity contribution in [3.63, 3.8) is 0 Å². The Balaban J connectivity index is 1.80. The van der Waals surface area contributed by atoms with Crippen molar-refractivity contribution >= 4 is 22.5 Å². The third-order valence-corrected chi connectivity index (χ3v) is 4.45. The molecule has 0 spiro atoms. The van der Waals surface area contributed by atoms with E-state index in [-0.39, 0.29) is 35.1 Å². The van der Waals surface area contributed by atoms with Crippen molar-refractivity contribution in [3.05, 3.63) is 80.9 Å². The second-order valence-corrected chi connectivity index (χ2v) is 6.46. The van der Waals surface area contributed by atoms with Gasteiger partial charge in [-0.05, 0) is 18.1 Å². The molecular weight excluding hydrogens is 360 g/mol. The Labute approximate surface area is 161 Å². The van der Waals surface area contributed by atoms with Gasteiger partial charge < -0.3 is 5.32 Å². The molecule has 0 saturated carbocycles. The molecule has 1 atom stereocenters. The lowest BCUT2D eigenvalue weighted by Crippen LogP contribution is -2.34. The lowest BCUT2D eigenvalue weighted by atomic mass is 10.0. The van der Waals surface area contributed by atoms with Crippen molar-refractivity contribution in [2.24, 2.45) is 0 Å². The number of benzene rings is 2. The van der Waals surface area contributed by atoms with Crippen LogP contribution in [-0.4, -0.2) is 20.4 Å². The fraction of sp³-hybridized carbons (Fsp3) is 0.250. The van der Waals surface area contributed by atoms with Gasteiger partial charge in [0.2, 0.25) is 5.91 Å². The summed E-state index contributed by atoms with van der Waals surface area (Å²) >= 11 is 0. The Kier molecular flexibility index (Phi) is 5.78. The Morgan fingerprint density at radius 1 is 1.25 bits per heavy atom. The molecule has 8 heteroatoms. The number of nitrogens with zero attached hydrogens (tertiary/aromatic N) is 3. The molecule has 1 amide bonds. The van der Waals surface area contributed by atoms with Gasteiger partial charge in [-0.2, -0.15) is 0 Å². The van der Waals surface area contributed by atoms with Crippen LogP contribution < -0.4 is 10.9 Å². The first kappa shape index (κ1) is 19.2. The lowest BCUT2D eigenvalue weighted by Gasteiger charge is -2.19. The zero-order valence-electron chi connectivity index (χ0n) is 15.4. The highest BCUT2D eigenvalue weighted by molar-refractivity contribution is 5.80. The molecule has 0 aliphatic carbocycles. The molecule has 3 aromatic rings. The Morgan fingerprint density at radius 2 is 2.00 bits per heavy atom. The van der Waals surface area contributed by atoms with Crippen LogP contribution in [0.2, 0.25) is 0 Å². The van der Waals surface area contributed by atoms with Crippen LogP contribution in [0.5, 0.6) is 0 Å². The van der Waals surface area contributed by atoms with Crippen LogP contribution >= 0.6 is 0 Å². The molecule has 28 heavy (non-hydrogen) atoms. The van der Waals surface area contributed by atoms with Crippen molar-refractivity contribution in [2.75, 3.05) is 0 Å². The summed E-state index contributed by atoms with van der Waals surface area (Å²) in [6.07, 6.45) is 2.92. The molecule has 3 rings (SSSR count). The Bertz CT molecular complexity index is 1060. The number of rotatable bonds is 7. The molecule has 0 aliphatic heterocycles. The van der Waals surface area contributed by atoms with Crippen LogP contribution in [0.25, 0.3) is 10.9 Å². The molecule has 1 aromatic heterocycles. The van der Waals surface area contributed by atoms with E-state index in [0.717, 1.165) is 18.4 Å². The number of amides is 1. The predicted molar refractivity (Wildman–Crippen MR) is 105 cm³/mol. The third-order valence-electron chi connectivity index (χ3n) is 4.45. The van der Waals surface area contributed by atoms with Gasteiger partial charge in [0.25, 0.3) is 11.2 Å². The topological polar surface area (TPSA) is 107 Å². The highest BCUT2D eigenvalue weighted by Gasteiger charge is 2.16. The maximum absolute atomic E-state index is 12.6. The average Bonchev–Trinajstić information content (AvgIpc) is 2.70. The second-order valence-electron chi connectivity index (χ2n) is 6.46. The summed E-state index contributed by atoms with van der Waals surface area (Å²) in [5, 5.41) is 14.1. The van der Waals surface area contributed by atoms with Crippen molar-refractivity contribution < 1.29 is 9.72 Å². The van der Waals surface area contributed by atoms with Gasteiger partial charge >= 0.3 is 0 Å². The van der Waals surface area contributed by atoms with E-state index in [1.807, 2.05) is 37.3 Å². The van der Waals surface area contributed by atoms with E-state index in [4.69, 9.17) is 0 Å². The van der Waals surface area contributed by atoms with Crippen molar-refractivity contribution in [3.8, 4) is 0 Å². The first-order valence-electron chi connectivity index (χ1n) is 8.97. The molecule has 1 unspecified atom stereocenters. The number of non-ortho nitro benzene ring substituents is 1. The van der Waals surface area contributed by atoms with E-state index < -0.39 is 10.5 Å². The zero-order chi connectivity index (χ0) is 20.1. The minimum Gasteiger partial charge on any atom is -0.348 e. The molecular formula is C20H20N4O4. The van der Waals surface area contributed by atoms with E-state index in [2.05, 4.69) is 10.3 Å². The number of nitro benzene ring substituents is 1. The molecule has 0 saturated heterocycles. The van der Waals surface area contributed by atoms with E-state index in [1.165, 1.54) is 29.1 Å². The molecule has 0 aliphatic rings. The normalized spacial score (nSPS) is 11.9. The molecule has 0 bridgehead atoms. The van der Waals surface area contributed by atoms with Crippen LogP contribution in [0.15, 0.2) is 59.7 Å². The molecule has 1 heterocycles. The minimum atomic E-state index is -0.544. The maximum atomic E-state index is 12.6. The highest BCUT2D eigenvalue weighted by Crippen LogP contribution is 2.18. The van der Waals surface area contributed by atoms with Gasteiger partial charge in [0.1, 0.15) is 6.54 Å². The summed E-state index contributed by atoms with van der Waals surface area (Å²) in [7, 11) is 0. The highest BCUT2D eigenvalue weighted by atomic mass is 16.6. The van der Waals surface area contributed by atoms with Gasteiger partial charge in [-0.25, -0.2) is 4.98 Å². The quantitative estimate of drug-likeness (QED) is 0.501. The largest absolute Gasteiger partial charge is 0.348 e. The van der Waals surface area contributed by atoms with Crippen molar-refractivity contribution in [1.82, 2.24) is 14.9 Å². The van der Waals surface area contributed by atoms with E-state index in [0.29, 0.717) is 0 Å². The monoisotopic (exact) mass is 380 g/mol. The van der Waals surface area contributed by atoms with Crippen LogP contribution in [0.1, 0.15) is 31.4 Å². The molecule has 8 nitrogen and oxygen atoms in total. The van der Waals surface area contributed by atoms with Crippen LogP contribution in [0.3, 0.4) is 0 Å². The summed E-state index contributed by atoms with van der Waals surface area (Å²) in [6.45, 7) is 1.87. The molecule has 0 radical (unpaired) electrons. The lowest BCUT2D eigenvalue weighted by molar-refractivity contribution is -0.384. The van der Waals surface area contributed by atoms with E-state index in [9.17, 15) is 19.7 Å². The number of hydrogen-bond donors (Lipinski definition) is 1. The number of nitro groups is 1. The van der Waals surface area contributed by atoms with Crippen LogP contribution in [-0.2, 0) is 11.3 Å². The van der Waals surface area contributed by atoms with Crippen molar-refractivity contribution in [2.45, 2.75) is 32.4 Å². The summed E-state index contributed by atoms with van der Waals surface area (Å²) in [6, 6.07) is 13.4. The molecule has 1 N–H and O–H groups in total. The molecule has 2 aromatic carbocycles. The summed E-state index contributed by atoms with van der Waals surface area (Å²) in [5.74, 6) is -0.299. The van der Waals surface area contributed by atoms with Gasteiger partial charge in [0.05, 0.1) is 28.2 Å². The number of hydrogen-bond acceptors (Lipinski definition) is 5. The fourth-order valence-electron chi connectivity index (χ4n) is 3.06. The minimum absolute atomic E-state index is 0.134. The Morgan fingerprint density at radius 3 is 2.68 bits per heavy atom. The second kappa shape index (κ2) is 8.43. The number of carbonyl (C=O) groups is 1. The molecule has 144 valence electrons. The third kappa shape index (κ3) is 4.22.